The van der Waals surface area contributed by atoms with Crippen molar-refractivity contribution in [3.05, 3.63) is 36.6 Å². The minimum absolute atomic E-state index is 0.111. The monoisotopic (exact) mass is 456 g/mol. The van der Waals surface area contributed by atoms with Crippen LogP contribution in [0.1, 0.15) is 20.3 Å². The molecule has 32 heavy (non-hydrogen) atoms. The highest BCUT2D eigenvalue weighted by atomic mass is 32.2. The molecule has 0 spiro atoms. The van der Waals surface area contributed by atoms with Crippen LogP contribution in [0.3, 0.4) is 0 Å². The lowest BCUT2D eigenvalue weighted by Gasteiger charge is -2.35. The highest BCUT2D eigenvalue weighted by molar-refractivity contribution is 7.99. The number of methoxy groups -OCH3 is 2. The molecule has 9 heteroatoms. The zero-order chi connectivity index (χ0) is 22.7. The standard InChI is InChI=1S/C23H28N4O4S/c1-15-10-16(2)13-26(12-15)21(28)14-32-23-25-24-22(20-6-5-9-31-20)27(23)18-11-17(29-3)7-8-19(18)30-4/h5-9,11,15-16H,10,12-14H2,1-4H3. The van der Waals surface area contributed by atoms with E-state index in [1.54, 1.807) is 26.5 Å². The number of nitrogens with zero attached hydrogens (tertiary/aromatic N) is 4. The molecule has 0 aliphatic carbocycles. The van der Waals surface area contributed by atoms with E-state index in [-0.39, 0.29) is 11.7 Å². The van der Waals surface area contributed by atoms with Crippen LogP contribution in [-0.4, -0.2) is 58.6 Å². The van der Waals surface area contributed by atoms with E-state index in [4.69, 9.17) is 13.9 Å². The molecule has 0 saturated carbocycles. The maximum atomic E-state index is 13.0. The lowest BCUT2D eigenvalue weighted by atomic mass is 9.92. The lowest BCUT2D eigenvalue weighted by Crippen LogP contribution is -2.43. The molecule has 4 rings (SSSR count). The van der Waals surface area contributed by atoms with Gasteiger partial charge in [-0.3, -0.25) is 9.36 Å². The van der Waals surface area contributed by atoms with E-state index in [9.17, 15) is 4.79 Å². The van der Waals surface area contributed by atoms with E-state index in [0.29, 0.717) is 45.8 Å². The molecule has 2 atom stereocenters. The summed E-state index contributed by atoms with van der Waals surface area (Å²) in [5, 5.41) is 9.31. The first-order valence-electron chi connectivity index (χ1n) is 10.6. The van der Waals surface area contributed by atoms with Crippen molar-refractivity contribution in [3.63, 3.8) is 0 Å². The third kappa shape index (κ3) is 4.62. The molecule has 1 aliphatic heterocycles. The number of hydrogen-bond acceptors (Lipinski definition) is 7. The average Bonchev–Trinajstić information content (AvgIpc) is 3.46. The number of aromatic nitrogens is 3. The number of furan rings is 1. The van der Waals surface area contributed by atoms with Gasteiger partial charge in [0.1, 0.15) is 11.5 Å². The molecule has 1 aromatic carbocycles. The fourth-order valence-corrected chi connectivity index (χ4v) is 5.05. The third-order valence-electron chi connectivity index (χ3n) is 5.55. The van der Waals surface area contributed by atoms with E-state index < -0.39 is 0 Å². The average molecular weight is 457 g/mol. The normalized spacial score (nSPS) is 18.6. The zero-order valence-corrected chi connectivity index (χ0v) is 19.6. The van der Waals surface area contributed by atoms with E-state index in [1.807, 2.05) is 33.7 Å². The fraction of sp³-hybridized carbons (Fsp3) is 0.435. The van der Waals surface area contributed by atoms with Crippen LogP contribution in [0.5, 0.6) is 11.5 Å². The highest BCUT2D eigenvalue weighted by Crippen LogP contribution is 2.35. The summed E-state index contributed by atoms with van der Waals surface area (Å²) in [4.78, 5) is 14.9. The van der Waals surface area contributed by atoms with Crippen LogP contribution < -0.4 is 9.47 Å². The molecule has 1 aliphatic rings. The van der Waals surface area contributed by atoms with Crippen molar-refractivity contribution < 1.29 is 18.7 Å². The summed E-state index contributed by atoms with van der Waals surface area (Å²) in [5.74, 6) is 3.82. The van der Waals surface area contributed by atoms with Crippen molar-refractivity contribution in [3.8, 4) is 28.8 Å². The van der Waals surface area contributed by atoms with Crippen molar-refractivity contribution >= 4 is 17.7 Å². The molecule has 1 saturated heterocycles. The van der Waals surface area contributed by atoms with E-state index >= 15 is 0 Å². The van der Waals surface area contributed by atoms with Gasteiger partial charge < -0.3 is 18.8 Å². The number of carbonyl (C=O) groups is 1. The van der Waals surface area contributed by atoms with E-state index in [2.05, 4.69) is 24.0 Å². The Hall–Kier alpha value is -2.94. The third-order valence-corrected chi connectivity index (χ3v) is 6.46. The number of rotatable bonds is 7. The van der Waals surface area contributed by atoms with Gasteiger partial charge in [-0.1, -0.05) is 25.6 Å². The van der Waals surface area contributed by atoms with Crippen molar-refractivity contribution in [1.82, 2.24) is 19.7 Å². The highest BCUT2D eigenvalue weighted by Gasteiger charge is 2.27. The predicted molar refractivity (Wildman–Crippen MR) is 122 cm³/mol. The first-order valence-corrected chi connectivity index (χ1v) is 11.6. The van der Waals surface area contributed by atoms with Gasteiger partial charge in [-0.25, -0.2) is 0 Å². The summed E-state index contributed by atoms with van der Waals surface area (Å²) >= 11 is 1.36. The Morgan fingerprint density at radius 2 is 1.94 bits per heavy atom. The topological polar surface area (TPSA) is 82.6 Å². The largest absolute Gasteiger partial charge is 0.497 e. The van der Waals surface area contributed by atoms with Gasteiger partial charge in [0.25, 0.3) is 0 Å². The number of thioether (sulfide) groups is 1. The van der Waals surface area contributed by atoms with Crippen molar-refractivity contribution in [2.45, 2.75) is 25.4 Å². The van der Waals surface area contributed by atoms with Gasteiger partial charge in [0.2, 0.25) is 11.7 Å². The molecule has 1 fully saturated rings. The Labute approximate surface area is 191 Å². The van der Waals surface area contributed by atoms with Crippen LogP contribution in [0.2, 0.25) is 0 Å². The van der Waals surface area contributed by atoms with Crippen molar-refractivity contribution in [2.24, 2.45) is 11.8 Å². The van der Waals surface area contributed by atoms with E-state index in [1.165, 1.54) is 11.8 Å². The molecule has 2 unspecified atom stereocenters. The van der Waals surface area contributed by atoms with Gasteiger partial charge in [-0.15, -0.1) is 10.2 Å². The van der Waals surface area contributed by atoms with Gasteiger partial charge in [0.15, 0.2) is 10.9 Å². The van der Waals surface area contributed by atoms with Crippen molar-refractivity contribution in [2.75, 3.05) is 33.1 Å². The maximum absolute atomic E-state index is 13.0. The van der Waals surface area contributed by atoms with Crippen LogP contribution in [0.25, 0.3) is 17.3 Å². The molecule has 170 valence electrons. The molecule has 2 aromatic heterocycles. The Balaban J connectivity index is 1.66. The Morgan fingerprint density at radius 1 is 1.16 bits per heavy atom. The van der Waals surface area contributed by atoms with E-state index in [0.717, 1.165) is 19.5 Å². The number of likely N-dealkylation sites (tertiary alicyclic amines) is 1. The first-order chi connectivity index (χ1) is 15.5. The van der Waals surface area contributed by atoms with Crippen LogP contribution in [0.15, 0.2) is 46.2 Å². The molecule has 0 radical (unpaired) electrons. The minimum atomic E-state index is 0.111. The lowest BCUT2D eigenvalue weighted by molar-refractivity contribution is -0.130. The Bertz CT molecular complexity index is 1060. The van der Waals surface area contributed by atoms with Gasteiger partial charge in [-0.05, 0) is 42.5 Å². The summed E-state index contributed by atoms with van der Waals surface area (Å²) in [7, 11) is 3.22. The second kappa shape index (κ2) is 9.68. The zero-order valence-electron chi connectivity index (χ0n) is 18.8. The van der Waals surface area contributed by atoms with Gasteiger partial charge >= 0.3 is 0 Å². The number of carbonyl (C=O) groups excluding carboxylic acids is 1. The predicted octanol–water partition coefficient (Wildman–Crippen LogP) is 4.14. The molecule has 1 amide bonds. The first kappa shape index (κ1) is 22.3. The summed E-state index contributed by atoms with van der Waals surface area (Å²) < 4.78 is 18.4. The van der Waals surface area contributed by atoms with Gasteiger partial charge in [0.05, 0.1) is 31.9 Å². The fourth-order valence-electron chi connectivity index (χ4n) is 4.20. The summed E-state index contributed by atoms with van der Waals surface area (Å²) in [6.45, 7) is 6.00. The molecular formula is C23H28N4O4S. The molecule has 0 bridgehead atoms. The summed E-state index contributed by atoms with van der Waals surface area (Å²) in [5.41, 5.74) is 0.707. The second-order valence-electron chi connectivity index (χ2n) is 8.19. The smallest absolute Gasteiger partial charge is 0.233 e. The number of ether oxygens (including phenoxy) is 2. The maximum Gasteiger partial charge on any atom is 0.233 e. The number of hydrogen-bond donors (Lipinski definition) is 0. The van der Waals surface area contributed by atoms with Gasteiger partial charge in [-0.2, -0.15) is 0 Å². The number of benzene rings is 1. The van der Waals surface area contributed by atoms with Crippen molar-refractivity contribution in [1.29, 1.82) is 0 Å². The quantitative estimate of drug-likeness (QED) is 0.494. The number of amides is 1. The molecule has 0 N–H and O–H groups in total. The summed E-state index contributed by atoms with van der Waals surface area (Å²) in [6.07, 6.45) is 2.75. The molecule has 3 aromatic rings. The Kier molecular flexibility index (Phi) is 6.74. The van der Waals surface area contributed by atoms with Gasteiger partial charge in [0, 0.05) is 19.2 Å². The van der Waals surface area contributed by atoms with Crippen LogP contribution >= 0.6 is 11.8 Å². The molecule has 3 heterocycles. The molecular weight excluding hydrogens is 428 g/mol. The second-order valence-corrected chi connectivity index (χ2v) is 9.13. The Morgan fingerprint density at radius 3 is 2.59 bits per heavy atom. The summed E-state index contributed by atoms with van der Waals surface area (Å²) in [6, 6.07) is 9.13. The van der Waals surface area contributed by atoms with Crippen LogP contribution in [-0.2, 0) is 4.79 Å². The van der Waals surface area contributed by atoms with Crippen LogP contribution in [0.4, 0.5) is 0 Å². The molecule has 8 nitrogen and oxygen atoms in total. The minimum Gasteiger partial charge on any atom is -0.497 e. The number of piperidine rings is 1. The SMILES string of the molecule is COc1ccc(OC)c(-n2c(SCC(=O)N3CC(C)CC(C)C3)nnc2-c2ccco2)c1. The van der Waals surface area contributed by atoms with Crippen LogP contribution in [0, 0.1) is 11.8 Å².